The van der Waals surface area contributed by atoms with Crippen LogP contribution >= 0.6 is 0 Å². The summed E-state index contributed by atoms with van der Waals surface area (Å²) in [5, 5.41) is 0. The third kappa shape index (κ3) is 3.99. The van der Waals surface area contributed by atoms with Crippen LogP contribution in [0.15, 0.2) is 29.2 Å². The first-order valence-electron chi connectivity index (χ1n) is 7.03. The smallest absolute Gasteiger partial charge is 0.299 e. The van der Waals surface area contributed by atoms with Crippen LogP contribution in [0.5, 0.6) is 0 Å². The normalized spacial score (nSPS) is 20.7. The topological polar surface area (TPSA) is 49.4 Å². The minimum atomic E-state index is -4.56. The van der Waals surface area contributed by atoms with Crippen molar-refractivity contribution in [3.05, 3.63) is 29.8 Å². The molecule has 1 heterocycles. The third-order valence-corrected chi connectivity index (χ3v) is 5.26. The molecular formula is C14H19F3N2O2S. The summed E-state index contributed by atoms with van der Waals surface area (Å²) in [6, 6.07) is 3.83. The van der Waals surface area contributed by atoms with E-state index in [1.807, 2.05) is 13.8 Å². The molecule has 1 aliphatic rings. The lowest BCUT2D eigenvalue weighted by Gasteiger charge is -2.20. The largest absolute Gasteiger partial charge is 0.416 e. The van der Waals surface area contributed by atoms with Gasteiger partial charge in [0, 0.05) is 25.2 Å². The maximum Gasteiger partial charge on any atom is 0.416 e. The van der Waals surface area contributed by atoms with Gasteiger partial charge in [0.15, 0.2) is 0 Å². The van der Waals surface area contributed by atoms with Gasteiger partial charge in [0.2, 0.25) is 10.0 Å². The van der Waals surface area contributed by atoms with Crippen molar-refractivity contribution in [1.82, 2.24) is 9.62 Å². The number of hydrogen-bond donors (Lipinski definition) is 1. The van der Waals surface area contributed by atoms with Crippen molar-refractivity contribution in [2.24, 2.45) is 0 Å². The molecule has 0 unspecified atom stereocenters. The molecule has 0 radical (unpaired) electrons. The second kappa shape index (κ2) is 6.17. The van der Waals surface area contributed by atoms with Crippen LogP contribution < -0.4 is 4.72 Å². The molecule has 0 aliphatic carbocycles. The number of hydrogen-bond acceptors (Lipinski definition) is 3. The molecule has 1 N–H and O–H groups in total. The van der Waals surface area contributed by atoms with E-state index in [0.29, 0.717) is 25.1 Å². The number of sulfonamides is 1. The molecule has 1 aromatic carbocycles. The van der Waals surface area contributed by atoms with Crippen molar-refractivity contribution >= 4 is 10.0 Å². The van der Waals surface area contributed by atoms with Gasteiger partial charge in [0.25, 0.3) is 0 Å². The van der Waals surface area contributed by atoms with Crippen LogP contribution in [0.2, 0.25) is 0 Å². The fraction of sp³-hybridized carbons (Fsp3) is 0.571. The number of nitrogens with zero attached hydrogens (tertiary/aromatic N) is 1. The second-order valence-electron chi connectivity index (χ2n) is 5.72. The predicted molar refractivity (Wildman–Crippen MR) is 76.9 cm³/mol. The van der Waals surface area contributed by atoms with E-state index < -0.39 is 21.8 Å². The lowest BCUT2D eigenvalue weighted by Crippen LogP contribution is -2.38. The lowest BCUT2D eigenvalue weighted by atomic mass is 10.2. The molecule has 2 rings (SSSR count). The highest BCUT2D eigenvalue weighted by atomic mass is 32.2. The SMILES string of the molecule is CC(C)N1CC[C@@H](NS(=O)(=O)c2cccc(C(F)(F)F)c2)C1. The van der Waals surface area contributed by atoms with E-state index in [-0.39, 0.29) is 10.9 Å². The quantitative estimate of drug-likeness (QED) is 0.919. The van der Waals surface area contributed by atoms with Crippen LogP contribution in [0.4, 0.5) is 13.2 Å². The summed E-state index contributed by atoms with van der Waals surface area (Å²) in [6.45, 7) is 5.37. The Hall–Kier alpha value is -1.12. The molecular weight excluding hydrogens is 317 g/mol. The van der Waals surface area contributed by atoms with E-state index in [0.717, 1.165) is 18.7 Å². The Labute approximate surface area is 128 Å². The summed E-state index contributed by atoms with van der Waals surface area (Å²) in [4.78, 5) is 1.77. The van der Waals surface area contributed by atoms with Gasteiger partial charge in [-0.1, -0.05) is 6.07 Å². The molecule has 1 saturated heterocycles. The molecule has 8 heteroatoms. The Kier molecular flexibility index (Phi) is 4.84. The van der Waals surface area contributed by atoms with Gasteiger partial charge in [-0.2, -0.15) is 13.2 Å². The Balaban J connectivity index is 2.15. The van der Waals surface area contributed by atoms with Gasteiger partial charge in [-0.05, 0) is 38.5 Å². The zero-order valence-corrected chi connectivity index (χ0v) is 13.2. The van der Waals surface area contributed by atoms with E-state index >= 15 is 0 Å². The van der Waals surface area contributed by atoms with Gasteiger partial charge in [-0.3, -0.25) is 4.90 Å². The summed E-state index contributed by atoms with van der Waals surface area (Å²) in [5.74, 6) is 0. The van der Waals surface area contributed by atoms with Gasteiger partial charge in [0.1, 0.15) is 0 Å². The molecule has 1 atom stereocenters. The molecule has 1 fully saturated rings. The van der Waals surface area contributed by atoms with Crippen molar-refractivity contribution in [3.63, 3.8) is 0 Å². The van der Waals surface area contributed by atoms with Crippen LogP contribution in [0, 0.1) is 0 Å². The Morgan fingerprint density at radius 2 is 2.00 bits per heavy atom. The molecule has 0 spiro atoms. The van der Waals surface area contributed by atoms with Gasteiger partial charge < -0.3 is 0 Å². The number of alkyl halides is 3. The van der Waals surface area contributed by atoms with E-state index in [1.54, 1.807) is 0 Å². The first-order valence-corrected chi connectivity index (χ1v) is 8.51. The molecule has 4 nitrogen and oxygen atoms in total. The molecule has 0 bridgehead atoms. The number of halogens is 3. The standard InChI is InChI=1S/C14H19F3N2O2S/c1-10(2)19-7-6-12(9-19)18-22(20,21)13-5-3-4-11(8-13)14(15,16)17/h3-5,8,10,12,18H,6-7,9H2,1-2H3/t12-/m1/s1. The zero-order chi connectivity index (χ0) is 16.5. The summed E-state index contributed by atoms with van der Waals surface area (Å²) >= 11 is 0. The molecule has 124 valence electrons. The molecule has 0 amide bonds. The Bertz CT molecular complexity index is 629. The average Bonchev–Trinajstić information content (AvgIpc) is 2.86. The number of likely N-dealkylation sites (tertiary alicyclic amines) is 1. The van der Waals surface area contributed by atoms with Crippen LogP contribution in [-0.4, -0.2) is 38.5 Å². The van der Waals surface area contributed by atoms with Crippen molar-refractivity contribution < 1.29 is 21.6 Å². The predicted octanol–water partition coefficient (Wildman–Crippen LogP) is 2.47. The van der Waals surface area contributed by atoms with Crippen LogP contribution in [0.25, 0.3) is 0 Å². The Morgan fingerprint density at radius 1 is 1.32 bits per heavy atom. The Morgan fingerprint density at radius 3 is 2.55 bits per heavy atom. The molecule has 0 aromatic heterocycles. The minimum absolute atomic E-state index is 0.276. The van der Waals surface area contributed by atoms with Gasteiger partial charge in [-0.25, -0.2) is 13.1 Å². The van der Waals surface area contributed by atoms with Crippen LogP contribution in [0.1, 0.15) is 25.8 Å². The van der Waals surface area contributed by atoms with Crippen molar-refractivity contribution in [2.75, 3.05) is 13.1 Å². The average molecular weight is 336 g/mol. The summed E-state index contributed by atoms with van der Waals surface area (Å²) in [7, 11) is -3.95. The van der Waals surface area contributed by atoms with Gasteiger partial charge in [-0.15, -0.1) is 0 Å². The fourth-order valence-electron chi connectivity index (χ4n) is 2.48. The second-order valence-corrected chi connectivity index (χ2v) is 7.44. The van der Waals surface area contributed by atoms with Crippen molar-refractivity contribution in [1.29, 1.82) is 0 Å². The first-order chi connectivity index (χ1) is 10.1. The lowest BCUT2D eigenvalue weighted by molar-refractivity contribution is -0.137. The van der Waals surface area contributed by atoms with E-state index in [1.165, 1.54) is 6.07 Å². The van der Waals surface area contributed by atoms with Gasteiger partial charge in [0.05, 0.1) is 10.5 Å². The molecule has 22 heavy (non-hydrogen) atoms. The van der Waals surface area contributed by atoms with E-state index in [4.69, 9.17) is 0 Å². The first kappa shape index (κ1) is 17.2. The molecule has 1 aromatic rings. The monoisotopic (exact) mass is 336 g/mol. The van der Waals surface area contributed by atoms with Crippen molar-refractivity contribution in [3.8, 4) is 0 Å². The summed E-state index contributed by atoms with van der Waals surface area (Å²) < 4.78 is 65.0. The fourth-order valence-corrected chi connectivity index (χ4v) is 3.79. The highest BCUT2D eigenvalue weighted by Gasteiger charge is 2.33. The molecule has 1 aliphatic heterocycles. The van der Waals surface area contributed by atoms with E-state index in [9.17, 15) is 21.6 Å². The highest BCUT2D eigenvalue weighted by Crippen LogP contribution is 2.30. The minimum Gasteiger partial charge on any atom is -0.299 e. The van der Waals surface area contributed by atoms with Crippen molar-refractivity contribution in [2.45, 2.75) is 43.4 Å². The number of rotatable bonds is 4. The maximum absolute atomic E-state index is 12.7. The van der Waals surface area contributed by atoms with Crippen LogP contribution in [-0.2, 0) is 16.2 Å². The number of benzene rings is 1. The zero-order valence-electron chi connectivity index (χ0n) is 12.4. The van der Waals surface area contributed by atoms with E-state index in [2.05, 4.69) is 9.62 Å². The molecule has 0 saturated carbocycles. The number of nitrogens with one attached hydrogen (secondary N) is 1. The highest BCUT2D eigenvalue weighted by molar-refractivity contribution is 7.89. The summed E-state index contributed by atoms with van der Waals surface area (Å²) in [5.41, 5.74) is -0.967. The summed E-state index contributed by atoms with van der Waals surface area (Å²) in [6.07, 6.45) is -3.91. The third-order valence-electron chi connectivity index (χ3n) is 3.74. The van der Waals surface area contributed by atoms with Gasteiger partial charge >= 0.3 is 6.18 Å². The van der Waals surface area contributed by atoms with Crippen LogP contribution in [0.3, 0.4) is 0 Å². The maximum atomic E-state index is 12.7.